The molecular weight excluding hydrogens is 212 g/mol. The maximum absolute atomic E-state index is 12.1. The first-order valence-corrected chi connectivity index (χ1v) is 5.15. The molecule has 0 spiro atoms. The van der Waals surface area contributed by atoms with Gasteiger partial charge in [-0.1, -0.05) is 55.6 Å². The van der Waals surface area contributed by atoms with Crippen LogP contribution < -0.4 is 0 Å². The molecule has 0 aromatic heterocycles. The number of Topliss-reactive ketones (excluding diaryl/α,β-unsaturated/α-hetero) is 1. The highest BCUT2D eigenvalue weighted by atomic mass is 16.3. The lowest BCUT2D eigenvalue weighted by Gasteiger charge is -2.04. The van der Waals surface area contributed by atoms with Gasteiger partial charge in [0.15, 0.2) is 5.78 Å². The van der Waals surface area contributed by atoms with Gasteiger partial charge in [-0.25, -0.2) is 0 Å². The van der Waals surface area contributed by atoms with E-state index in [0.29, 0.717) is 5.56 Å². The molecule has 17 heavy (non-hydrogen) atoms. The van der Waals surface area contributed by atoms with Gasteiger partial charge in [-0.2, -0.15) is 0 Å². The average molecular weight is 226 g/mol. The summed E-state index contributed by atoms with van der Waals surface area (Å²) in [5.74, 6) is -0.366. The van der Waals surface area contributed by atoms with E-state index in [2.05, 4.69) is 13.2 Å². The van der Waals surface area contributed by atoms with Crippen LogP contribution in [0, 0.1) is 0 Å². The lowest BCUT2D eigenvalue weighted by molar-refractivity contribution is 0.103. The SMILES string of the molecule is C=C/C=C(O)\C(=C/C=C)C(=O)c1ccccc1. The monoisotopic (exact) mass is 226 g/mol. The van der Waals surface area contributed by atoms with Gasteiger partial charge in [0.05, 0.1) is 5.57 Å². The van der Waals surface area contributed by atoms with Gasteiger partial charge in [0.1, 0.15) is 5.76 Å². The number of ketones is 1. The first-order valence-electron chi connectivity index (χ1n) is 5.15. The van der Waals surface area contributed by atoms with Gasteiger partial charge in [-0.3, -0.25) is 4.79 Å². The van der Waals surface area contributed by atoms with E-state index in [1.54, 1.807) is 24.3 Å². The number of aliphatic hydroxyl groups excluding tert-OH is 1. The lowest BCUT2D eigenvalue weighted by atomic mass is 10.0. The molecule has 1 N–H and O–H groups in total. The quantitative estimate of drug-likeness (QED) is 0.360. The van der Waals surface area contributed by atoms with Crippen LogP contribution in [0.3, 0.4) is 0 Å². The van der Waals surface area contributed by atoms with E-state index < -0.39 is 0 Å². The van der Waals surface area contributed by atoms with Crippen LogP contribution in [0.25, 0.3) is 0 Å². The fourth-order valence-corrected chi connectivity index (χ4v) is 1.34. The molecule has 0 saturated carbocycles. The van der Waals surface area contributed by atoms with Gasteiger partial charge in [-0.05, 0) is 12.2 Å². The highest BCUT2D eigenvalue weighted by Crippen LogP contribution is 2.15. The van der Waals surface area contributed by atoms with Crippen LogP contribution in [0.1, 0.15) is 10.4 Å². The first-order chi connectivity index (χ1) is 8.20. The standard InChI is InChI=1S/C15H14O2/c1-3-8-13(14(16)9-4-2)15(17)12-10-6-5-7-11-12/h3-11,16H,1-2H2/b13-8+,14-9+. The van der Waals surface area contributed by atoms with Crippen molar-refractivity contribution in [2.75, 3.05) is 0 Å². The second-order valence-electron chi connectivity index (χ2n) is 3.30. The molecule has 0 saturated heterocycles. The zero-order valence-electron chi connectivity index (χ0n) is 9.47. The minimum absolute atomic E-state index is 0.117. The third kappa shape index (κ3) is 3.31. The molecule has 0 fully saturated rings. The van der Waals surface area contributed by atoms with Crippen molar-refractivity contribution in [3.05, 3.63) is 84.7 Å². The first kappa shape index (κ1) is 12.7. The summed E-state index contributed by atoms with van der Waals surface area (Å²) < 4.78 is 0. The summed E-state index contributed by atoms with van der Waals surface area (Å²) >= 11 is 0. The number of hydrogen-bond acceptors (Lipinski definition) is 2. The van der Waals surface area contributed by atoms with Gasteiger partial charge in [-0.15, -0.1) is 0 Å². The van der Waals surface area contributed by atoms with Crippen molar-refractivity contribution < 1.29 is 9.90 Å². The maximum atomic E-state index is 12.1. The third-order valence-electron chi connectivity index (χ3n) is 2.12. The molecule has 86 valence electrons. The number of benzene rings is 1. The lowest BCUT2D eigenvalue weighted by Crippen LogP contribution is -2.05. The summed E-state index contributed by atoms with van der Waals surface area (Å²) in [6.07, 6.45) is 5.73. The van der Waals surface area contributed by atoms with Crippen molar-refractivity contribution in [2.24, 2.45) is 0 Å². The highest BCUT2D eigenvalue weighted by Gasteiger charge is 2.14. The topological polar surface area (TPSA) is 37.3 Å². The molecular formula is C15H14O2. The second-order valence-corrected chi connectivity index (χ2v) is 3.30. The molecule has 0 aliphatic heterocycles. The third-order valence-corrected chi connectivity index (χ3v) is 2.12. The Labute approximate surface area is 101 Å². The van der Waals surface area contributed by atoms with Crippen LogP contribution in [0.2, 0.25) is 0 Å². The molecule has 0 unspecified atom stereocenters. The minimum atomic E-state index is -0.249. The summed E-state index contributed by atoms with van der Waals surface area (Å²) in [7, 11) is 0. The van der Waals surface area contributed by atoms with Crippen molar-refractivity contribution in [1.82, 2.24) is 0 Å². The van der Waals surface area contributed by atoms with E-state index in [1.807, 2.05) is 6.07 Å². The number of allylic oxidation sites excluding steroid dienone is 5. The van der Waals surface area contributed by atoms with Crippen molar-refractivity contribution in [1.29, 1.82) is 0 Å². The summed E-state index contributed by atoms with van der Waals surface area (Å²) in [6, 6.07) is 8.76. The summed E-state index contributed by atoms with van der Waals surface area (Å²) in [6.45, 7) is 7.00. The Morgan fingerprint density at radius 2 is 1.65 bits per heavy atom. The molecule has 0 atom stereocenters. The average Bonchev–Trinajstić information content (AvgIpc) is 2.36. The Balaban J connectivity index is 3.14. The van der Waals surface area contributed by atoms with Crippen LogP contribution in [0.4, 0.5) is 0 Å². The van der Waals surface area contributed by atoms with Crippen LogP contribution in [-0.4, -0.2) is 10.9 Å². The molecule has 0 radical (unpaired) electrons. The van der Waals surface area contributed by atoms with Gasteiger partial charge in [0.2, 0.25) is 0 Å². The summed E-state index contributed by atoms with van der Waals surface area (Å²) in [4.78, 5) is 12.1. The van der Waals surface area contributed by atoms with Crippen LogP contribution in [0.5, 0.6) is 0 Å². The van der Waals surface area contributed by atoms with Gasteiger partial charge < -0.3 is 5.11 Å². The van der Waals surface area contributed by atoms with E-state index in [0.717, 1.165) is 0 Å². The van der Waals surface area contributed by atoms with Crippen molar-refractivity contribution >= 4 is 5.78 Å². The van der Waals surface area contributed by atoms with E-state index in [9.17, 15) is 9.90 Å². The van der Waals surface area contributed by atoms with Crippen LogP contribution in [-0.2, 0) is 0 Å². The molecule has 0 amide bonds. The van der Waals surface area contributed by atoms with Gasteiger partial charge in [0, 0.05) is 5.56 Å². The highest BCUT2D eigenvalue weighted by molar-refractivity contribution is 6.11. The van der Waals surface area contributed by atoms with E-state index in [1.165, 1.54) is 24.3 Å². The second kappa shape index (κ2) is 6.28. The normalized spacial score (nSPS) is 12.0. The molecule has 0 aliphatic rings. The van der Waals surface area contributed by atoms with E-state index in [-0.39, 0.29) is 17.1 Å². The van der Waals surface area contributed by atoms with Gasteiger partial charge >= 0.3 is 0 Å². The molecule has 0 aliphatic carbocycles. The smallest absolute Gasteiger partial charge is 0.196 e. The molecule has 1 aromatic rings. The van der Waals surface area contributed by atoms with E-state index >= 15 is 0 Å². The Bertz CT molecular complexity index is 479. The number of carbonyl (C=O) groups excluding carboxylic acids is 1. The maximum Gasteiger partial charge on any atom is 0.196 e. The molecule has 0 bridgehead atoms. The Hall–Kier alpha value is -2.35. The van der Waals surface area contributed by atoms with Crippen molar-refractivity contribution in [2.45, 2.75) is 0 Å². The fraction of sp³-hybridized carbons (Fsp3) is 0. The van der Waals surface area contributed by atoms with E-state index in [4.69, 9.17) is 0 Å². The molecule has 2 heteroatoms. The fourth-order valence-electron chi connectivity index (χ4n) is 1.34. The summed E-state index contributed by atoms with van der Waals surface area (Å²) in [5.41, 5.74) is 0.718. The van der Waals surface area contributed by atoms with Crippen molar-refractivity contribution in [3.8, 4) is 0 Å². The zero-order valence-corrected chi connectivity index (χ0v) is 9.47. The Morgan fingerprint density at radius 1 is 1.06 bits per heavy atom. The predicted molar refractivity (Wildman–Crippen MR) is 70.0 cm³/mol. The van der Waals surface area contributed by atoms with Crippen LogP contribution >= 0.6 is 0 Å². The van der Waals surface area contributed by atoms with Gasteiger partial charge in [0.25, 0.3) is 0 Å². The summed E-state index contributed by atoms with van der Waals surface area (Å²) in [5, 5.41) is 9.72. The van der Waals surface area contributed by atoms with Crippen molar-refractivity contribution in [3.63, 3.8) is 0 Å². The molecule has 1 aromatic carbocycles. The largest absolute Gasteiger partial charge is 0.507 e. The van der Waals surface area contributed by atoms with Crippen LogP contribution in [0.15, 0.2) is 79.1 Å². The zero-order chi connectivity index (χ0) is 12.7. The Morgan fingerprint density at radius 3 is 2.18 bits per heavy atom. The molecule has 0 heterocycles. The molecule has 1 rings (SSSR count). The predicted octanol–water partition coefficient (Wildman–Crippen LogP) is 3.61. The number of hydrogen-bond donors (Lipinski definition) is 1. The number of carbonyl (C=O) groups is 1. The minimum Gasteiger partial charge on any atom is -0.507 e. The molecule has 2 nitrogen and oxygen atoms in total. The number of rotatable bonds is 5. The number of aliphatic hydroxyl groups is 1. The Kier molecular flexibility index (Phi) is 4.70.